The highest BCUT2D eigenvalue weighted by Gasteiger charge is 2.18. The molecule has 0 aliphatic carbocycles. The first-order valence-electron chi connectivity index (χ1n) is 3.90. The van der Waals surface area contributed by atoms with Crippen LogP contribution in [0, 0.1) is 3.57 Å². The summed E-state index contributed by atoms with van der Waals surface area (Å²) >= 11 is 1.94. The highest BCUT2D eigenvalue weighted by atomic mass is 127. The summed E-state index contributed by atoms with van der Waals surface area (Å²) in [5.41, 5.74) is 0. The maximum atomic E-state index is 11.6. The van der Waals surface area contributed by atoms with E-state index < -0.39 is 15.6 Å². The molecule has 0 amide bonds. The molecule has 0 N–H and O–H groups in total. The van der Waals surface area contributed by atoms with Crippen molar-refractivity contribution in [3.8, 4) is 0 Å². The van der Waals surface area contributed by atoms with Gasteiger partial charge in [0.2, 0.25) is 0 Å². The Morgan fingerprint density at radius 3 is 2.43 bits per heavy atom. The Labute approximate surface area is 96.6 Å². The summed E-state index contributed by atoms with van der Waals surface area (Å²) in [5.74, 6) is -0.767. The molecular weight excluding hydrogens is 315 g/mol. The van der Waals surface area contributed by atoms with Crippen molar-refractivity contribution in [2.24, 2.45) is 0 Å². The van der Waals surface area contributed by atoms with E-state index in [0.717, 1.165) is 0 Å². The van der Waals surface area contributed by atoms with Crippen LogP contribution in [0.4, 0.5) is 0 Å². The fraction of sp³-hybridized carbons (Fsp3) is 0.222. The van der Waals surface area contributed by atoms with Crippen molar-refractivity contribution in [3.05, 3.63) is 27.8 Å². The van der Waals surface area contributed by atoms with Crippen LogP contribution in [-0.4, -0.2) is 20.0 Å². The number of sulfone groups is 1. The van der Waals surface area contributed by atoms with Gasteiger partial charge in [-0.05, 0) is 41.6 Å². The Balaban J connectivity index is 3.17. The molecule has 1 aromatic carbocycles. The molecule has 0 fully saturated rings. The zero-order chi connectivity index (χ0) is 10.8. The zero-order valence-corrected chi connectivity index (χ0v) is 10.5. The summed E-state index contributed by atoms with van der Waals surface area (Å²) in [6.45, 7) is 1.27. The third kappa shape index (κ3) is 2.78. The second-order valence-electron chi connectivity index (χ2n) is 2.89. The molecular formula is C9H9IO3S. The van der Waals surface area contributed by atoms with E-state index in [0.29, 0.717) is 3.57 Å². The summed E-state index contributed by atoms with van der Waals surface area (Å²) < 4.78 is 23.9. The lowest BCUT2D eigenvalue weighted by Crippen LogP contribution is -2.14. The van der Waals surface area contributed by atoms with Gasteiger partial charge in [0.1, 0.15) is 11.5 Å². The first-order valence-corrected chi connectivity index (χ1v) is 6.63. The quantitative estimate of drug-likeness (QED) is 0.795. The van der Waals surface area contributed by atoms with Gasteiger partial charge in [0.05, 0.1) is 4.90 Å². The third-order valence-corrected chi connectivity index (χ3v) is 4.68. The fourth-order valence-corrected chi connectivity index (χ4v) is 3.78. The molecule has 0 radical (unpaired) electrons. The van der Waals surface area contributed by atoms with E-state index in [9.17, 15) is 13.2 Å². The van der Waals surface area contributed by atoms with Crippen LogP contribution in [0.25, 0.3) is 0 Å². The van der Waals surface area contributed by atoms with Gasteiger partial charge in [-0.1, -0.05) is 12.1 Å². The van der Waals surface area contributed by atoms with Gasteiger partial charge in [-0.2, -0.15) is 0 Å². The average molecular weight is 324 g/mol. The molecule has 76 valence electrons. The van der Waals surface area contributed by atoms with Gasteiger partial charge >= 0.3 is 0 Å². The van der Waals surface area contributed by atoms with Crippen molar-refractivity contribution in [1.82, 2.24) is 0 Å². The van der Waals surface area contributed by atoms with Gasteiger partial charge in [-0.15, -0.1) is 0 Å². The fourth-order valence-electron chi connectivity index (χ4n) is 1.04. The zero-order valence-electron chi connectivity index (χ0n) is 7.53. The van der Waals surface area contributed by atoms with E-state index >= 15 is 0 Å². The molecule has 0 saturated heterocycles. The van der Waals surface area contributed by atoms with Crippen molar-refractivity contribution in [2.75, 3.05) is 5.75 Å². The van der Waals surface area contributed by atoms with E-state index in [1.165, 1.54) is 13.0 Å². The number of rotatable bonds is 3. The monoisotopic (exact) mass is 324 g/mol. The number of hydrogen-bond acceptors (Lipinski definition) is 3. The van der Waals surface area contributed by atoms with Crippen LogP contribution in [0.15, 0.2) is 29.2 Å². The van der Waals surface area contributed by atoms with Crippen LogP contribution < -0.4 is 0 Å². The van der Waals surface area contributed by atoms with Gasteiger partial charge in [0.25, 0.3) is 0 Å². The average Bonchev–Trinajstić information content (AvgIpc) is 2.02. The summed E-state index contributed by atoms with van der Waals surface area (Å²) in [4.78, 5) is 11.0. The van der Waals surface area contributed by atoms with Crippen molar-refractivity contribution < 1.29 is 13.2 Å². The van der Waals surface area contributed by atoms with E-state index in [4.69, 9.17) is 0 Å². The largest absolute Gasteiger partial charge is 0.299 e. The Morgan fingerprint density at radius 2 is 1.93 bits per heavy atom. The Morgan fingerprint density at radius 1 is 1.36 bits per heavy atom. The van der Waals surface area contributed by atoms with Crippen LogP contribution in [0.3, 0.4) is 0 Å². The first kappa shape index (κ1) is 11.6. The van der Waals surface area contributed by atoms with Gasteiger partial charge in [-0.3, -0.25) is 4.79 Å². The molecule has 1 rings (SSSR count). The van der Waals surface area contributed by atoms with Gasteiger partial charge < -0.3 is 0 Å². The van der Waals surface area contributed by atoms with E-state index in [1.54, 1.807) is 18.2 Å². The normalized spacial score (nSPS) is 11.3. The van der Waals surface area contributed by atoms with Crippen LogP contribution in [0.2, 0.25) is 0 Å². The number of carbonyl (C=O) groups excluding carboxylic acids is 1. The molecule has 0 saturated carbocycles. The molecule has 0 heterocycles. The molecule has 0 atom stereocenters. The lowest BCUT2D eigenvalue weighted by atomic mass is 10.4. The molecule has 1 aromatic rings. The smallest absolute Gasteiger partial charge is 0.186 e. The summed E-state index contributed by atoms with van der Waals surface area (Å²) in [7, 11) is -3.45. The van der Waals surface area contributed by atoms with Crippen molar-refractivity contribution in [3.63, 3.8) is 0 Å². The Bertz CT molecular complexity index is 451. The van der Waals surface area contributed by atoms with Crippen LogP contribution >= 0.6 is 22.6 Å². The molecule has 0 bridgehead atoms. The number of ketones is 1. The topological polar surface area (TPSA) is 51.2 Å². The Hall–Kier alpha value is -0.430. The molecule has 14 heavy (non-hydrogen) atoms. The summed E-state index contributed by atoms with van der Waals surface area (Å²) in [6.07, 6.45) is 0. The standard InChI is InChI=1S/C9H9IO3S/c1-7(11)6-14(12,13)9-5-3-2-4-8(9)10/h2-5H,6H2,1H3. The van der Waals surface area contributed by atoms with Gasteiger partial charge in [0.15, 0.2) is 9.84 Å². The molecule has 0 aliphatic heterocycles. The molecule has 5 heteroatoms. The van der Waals surface area contributed by atoms with Crippen LogP contribution in [0.1, 0.15) is 6.92 Å². The van der Waals surface area contributed by atoms with E-state index in [-0.39, 0.29) is 10.7 Å². The van der Waals surface area contributed by atoms with E-state index in [2.05, 4.69) is 0 Å². The second-order valence-corrected chi connectivity index (χ2v) is 6.01. The lowest BCUT2D eigenvalue weighted by molar-refractivity contribution is -0.114. The lowest BCUT2D eigenvalue weighted by Gasteiger charge is -2.03. The Kier molecular flexibility index (Phi) is 3.65. The van der Waals surface area contributed by atoms with Gasteiger partial charge in [0, 0.05) is 3.57 Å². The number of carbonyl (C=O) groups is 1. The number of Topliss-reactive ketones (excluding diaryl/α,β-unsaturated/α-hetero) is 1. The number of benzene rings is 1. The maximum absolute atomic E-state index is 11.6. The summed E-state index contributed by atoms with van der Waals surface area (Å²) in [6, 6.07) is 6.62. The van der Waals surface area contributed by atoms with Crippen LogP contribution in [0.5, 0.6) is 0 Å². The van der Waals surface area contributed by atoms with Crippen molar-refractivity contribution in [2.45, 2.75) is 11.8 Å². The molecule has 0 spiro atoms. The molecule has 0 aromatic heterocycles. The molecule has 3 nitrogen and oxygen atoms in total. The van der Waals surface area contributed by atoms with Crippen LogP contribution in [-0.2, 0) is 14.6 Å². The third-order valence-electron chi connectivity index (χ3n) is 1.56. The van der Waals surface area contributed by atoms with Crippen molar-refractivity contribution >= 4 is 38.2 Å². The minimum atomic E-state index is -3.45. The van der Waals surface area contributed by atoms with E-state index in [1.807, 2.05) is 22.6 Å². The minimum Gasteiger partial charge on any atom is -0.299 e. The van der Waals surface area contributed by atoms with Gasteiger partial charge in [-0.25, -0.2) is 8.42 Å². The number of halogens is 1. The molecule has 0 unspecified atom stereocenters. The molecule has 0 aliphatic rings. The summed E-state index contributed by atoms with van der Waals surface area (Å²) in [5, 5.41) is 0. The predicted octanol–water partition coefficient (Wildman–Crippen LogP) is 1.65. The first-order chi connectivity index (χ1) is 6.43. The second kappa shape index (κ2) is 4.39. The highest BCUT2D eigenvalue weighted by molar-refractivity contribution is 14.1. The maximum Gasteiger partial charge on any atom is 0.186 e. The minimum absolute atomic E-state index is 0.232. The van der Waals surface area contributed by atoms with Crippen molar-refractivity contribution in [1.29, 1.82) is 0 Å². The SMILES string of the molecule is CC(=O)CS(=O)(=O)c1ccccc1I. The highest BCUT2D eigenvalue weighted by Crippen LogP contribution is 2.18. The number of hydrogen-bond donors (Lipinski definition) is 0. The predicted molar refractivity (Wildman–Crippen MR) is 61.9 cm³/mol.